The molecule has 0 bridgehead atoms. The minimum absolute atomic E-state index is 0.123. The number of rotatable bonds is 6. The first-order chi connectivity index (χ1) is 7.99. The molecule has 5 nitrogen and oxygen atoms in total. The number of likely N-dealkylation sites (tertiary alicyclic amines) is 1. The summed E-state index contributed by atoms with van der Waals surface area (Å²) in [6, 6.07) is 0. The molecule has 6 heteroatoms. The fourth-order valence-electron chi connectivity index (χ4n) is 2.05. The minimum atomic E-state index is -0.366. The minimum Gasteiger partial charge on any atom is -0.369 e. The van der Waals surface area contributed by atoms with Crippen LogP contribution in [0.15, 0.2) is 0 Å². The molecule has 0 spiro atoms. The van der Waals surface area contributed by atoms with E-state index in [0.29, 0.717) is 11.7 Å². The zero-order valence-corrected chi connectivity index (χ0v) is 11.3. The van der Waals surface area contributed by atoms with Crippen LogP contribution in [0, 0.1) is 5.92 Å². The van der Waals surface area contributed by atoms with Crippen molar-refractivity contribution in [2.45, 2.75) is 6.42 Å². The molecule has 0 aliphatic carbocycles. The Hall–Kier alpha value is -0.750. The number of nitrogens with zero attached hydrogens (tertiary/aromatic N) is 2. The quantitative estimate of drug-likeness (QED) is 0.706. The summed E-state index contributed by atoms with van der Waals surface area (Å²) in [6.45, 7) is 2.71. The third-order valence-corrected chi connectivity index (χ3v) is 3.67. The smallest absolute Gasteiger partial charge is 0.232 e. The maximum absolute atomic E-state index is 11.8. The van der Waals surface area contributed by atoms with Gasteiger partial charge in [0.05, 0.1) is 11.5 Å². The number of carbonyl (C=O) groups excluding carboxylic acids is 2. The SMILES string of the molecule is CN(C)C[C@H]1CCN(C(=O)CSCC(N)=O)C1. The van der Waals surface area contributed by atoms with Crippen molar-refractivity contribution in [3.05, 3.63) is 0 Å². The maximum Gasteiger partial charge on any atom is 0.232 e. The Morgan fingerprint density at radius 3 is 2.71 bits per heavy atom. The Morgan fingerprint density at radius 2 is 2.12 bits per heavy atom. The highest BCUT2D eigenvalue weighted by atomic mass is 32.2. The van der Waals surface area contributed by atoms with Gasteiger partial charge in [-0.3, -0.25) is 9.59 Å². The van der Waals surface area contributed by atoms with Gasteiger partial charge in [-0.15, -0.1) is 11.8 Å². The number of thioether (sulfide) groups is 1. The number of primary amides is 1. The number of amides is 2. The van der Waals surface area contributed by atoms with Gasteiger partial charge in [0, 0.05) is 19.6 Å². The molecule has 2 amide bonds. The Balaban J connectivity index is 2.23. The fraction of sp³-hybridized carbons (Fsp3) is 0.818. The van der Waals surface area contributed by atoms with E-state index in [2.05, 4.69) is 4.90 Å². The third kappa shape index (κ3) is 5.41. The van der Waals surface area contributed by atoms with Crippen LogP contribution in [0.1, 0.15) is 6.42 Å². The van der Waals surface area contributed by atoms with Gasteiger partial charge in [-0.25, -0.2) is 0 Å². The molecule has 1 atom stereocenters. The van der Waals surface area contributed by atoms with Gasteiger partial charge in [0.15, 0.2) is 0 Å². The lowest BCUT2D eigenvalue weighted by Gasteiger charge is -2.18. The molecule has 0 aromatic heterocycles. The number of nitrogens with two attached hydrogens (primary N) is 1. The number of hydrogen-bond donors (Lipinski definition) is 1. The fourth-order valence-corrected chi connectivity index (χ4v) is 2.72. The van der Waals surface area contributed by atoms with E-state index < -0.39 is 0 Å². The molecule has 2 N–H and O–H groups in total. The molecule has 1 aliphatic rings. The van der Waals surface area contributed by atoms with Crippen LogP contribution in [0.2, 0.25) is 0 Å². The second-order valence-electron chi connectivity index (χ2n) is 4.72. The van der Waals surface area contributed by atoms with E-state index in [0.717, 1.165) is 26.1 Å². The van der Waals surface area contributed by atoms with Crippen LogP contribution in [-0.2, 0) is 9.59 Å². The summed E-state index contributed by atoms with van der Waals surface area (Å²) >= 11 is 1.30. The molecular formula is C11H21N3O2S. The lowest BCUT2D eigenvalue weighted by Crippen LogP contribution is -2.32. The molecular weight excluding hydrogens is 238 g/mol. The van der Waals surface area contributed by atoms with Crippen molar-refractivity contribution in [1.82, 2.24) is 9.80 Å². The lowest BCUT2D eigenvalue weighted by molar-refractivity contribution is -0.127. The second-order valence-corrected chi connectivity index (χ2v) is 5.70. The third-order valence-electron chi connectivity index (χ3n) is 2.73. The summed E-state index contributed by atoms with van der Waals surface area (Å²) in [5.74, 6) is 0.917. The van der Waals surface area contributed by atoms with Gasteiger partial charge in [0.2, 0.25) is 11.8 Å². The highest BCUT2D eigenvalue weighted by Gasteiger charge is 2.26. The molecule has 0 unspecified atom stereocenters. The van der Waals surface area contributed by atoms with Crippen molar-refractivity contribution in [2.24, 2.45) is 11.7 Å². The normalized spacial score (nSPS) is 19.9. The topological polar surface area (TPSA) is 66.6 Å². The summed E-state index contributed by atoms with van der Waals surface area (Å²) in [7, 11) is 4.10. The van der Waals surface area contributed by atoms with Gasteiger partial charge in [-0.05, 0) is 26.4 Å². The molecule has 17 heavy (non-hydrogen) atoms. The maximum atomic E-state index is 11.8. The zero-order valence-electron chi connectivity index (χ0n) is 10.5. The van der Waals surface area contributed by atoms with Crippen molar-refractivity contribution in [1.29, 1.82) is 0 Å². The van der Waals surface area contributed by atoms with E-state index in [9.17, 15) is 9.59 Å². The Labute approximate surface area is 107 Å². The Kier molecular flexibility index (Phi) is 5.77. The molecule has 98 valence electrons. The summed E-state index contributed by atoms with van der Waals surface area (Å²) in [4.78, 5) is 26.4. The largest absolute Gasteiger partial charge is 0.369 e. The zero-order chi connectivity index (χ0) is 12.8. The first kappa shape index (κ1) is 14.3. The molecule has 1 saturated heterocycles. The molecule has 0 saturated carbocycles. The van der Waals surface area contributed by atoms with Crippen LogP contribution in [0.5, 0.6) is 0 Å². The van der Waals surface area contributed by atoms with Gasteiger partial charge in [-0.2, -0.15) is 0 Å². The number of carbonyl (C=O) groups is 2. The summed E-state index contributed by atoms with van der Waals surface area (Å²) < 4.78 is 0. The lowest BCUT2D eigenvalue weighted by atomic mass is 10.1. The van der Waals surface area contributed by atoms with Crippen LogP contribution < -0.4 is 5.73 Å². The first-order valence-corrected chi connectivity index (χ1v) is 6.93. The van der Waals surface area contributed by atoms with E-state index in [1.807, 2.05) is 19.0 Å². The summed E-state index contributed by atoms with van der Waals surface area (Å²) in [5, 5.41) is 0. The van der Waals surface area contributed by atoms with Crippen LogP contribution in [-0.4, -0.2) is 66.8 Å². The standard InChI is InChI=1S/C11H21N3O2S/c1-13(2)5-9-3-4-14(6-9)11(16)8-17-7-10(12)15/h9H,3-8H2,1-2H3,(H2,12,15)/t9-/m1/s1. The van der Waals surface area contributed by atoms with E-state index in [4.69, 9.17) is 5.73 Å². The van der Waals surface area contributed by atoms with E-state index in [-0.39, 0.29) is 17.6 Å². The monoisotopic (exact) mass is 259 g/mol. The van der Waals surface area contributed by atoms with Crippen molar-refractivity contribution in [2.75, 3.05) is 45.2 Å². The Bertz CT molecular complexity index is 284. The van der Waals surface area contributed by atoms with Gasteiger partial charge >= 0.3 is 0 Å². The van der Waals surface area contributed by atoms with Crippen LogP contribution in [0.4, 0.5) is 0 Å². The summed E-state index contributed by atoms with van der Waals surface area (Å²) in [6.07, 6.45) is 1.07. The highest BCUT2D eigenvalue weighted by Crippen LogP contribution is 2.17. The Morgan fingerprint density at radius 1 is 1.41 bits per heavy atom. The predicted molar refractivity (Wildman–Crippen MR) is 69.8 cm³/mol. The molecule has 1 aliphatic heterocycles. The average Bonchev–Trinajstić information content (AvgIpc) is 2.64. The van der Waals surface area contributed by atoms with Crippen molar-refractivity contribution >= 4 is 23.6 Å². The average molecular weight is 259 g/mol. The molecule has 0 aromatic rings. The molecule has 0 aromatic carbocycles. The van der Waals surface area contributed by atoms with E-state index in [1.165, 1.54) is 11.8 Å². The van der Waals surface area contributed by atoms with Gasteiger partial charge in [-0.1, -0.05) is 0 Å². The molecule has 1 fully saturated rings. The summed E-state index contributed by atoms with van der Waals surface area (Å²) in [5.41, 5.74) is 5.02. The molecule has 1 rings (SSSR count). The van der Waals surface area contributed by atoms with Crippen molar-refractivity contribution < 1.29 is 9.59 Å². The first-order valence-electron chi connectivity index (χ1n) is 5.77. The van der Waals surface area contributed by atoms with Crippen LogP contribution in [0.25, 0.3) is 0 Å². The second kappa shape index (κ2) is 6.86. The van der Waals surface area contributed by atoms with Crippen LogP contribution in [0.3, 0.4) is 0 Å². The number of hydrogen-bond acceptors (Lipinski definition) is 4. The van der Waals surface area contributed by atoms with Gasteiger partial charge in [0.1, 0.15) is 0 Å². The molecule has 0 radical (unpaired) electrons. The van der Waals surface area contributed by atoms with Gasteiger partial charge in [0.25, 0.3) is 0 Å². The van der Waals surface area contributed by atoms with Crippen molar-refractivity contribution in [3.63, 3.8) is 0 Å². The van der Waals surface area contributed by atoms with Crippen LogP contribution >= 0.6 is 11.8 Å². The highest BCUT2D eigenvalue weighted by molar-refractivity contribution is 8.00. The molecule has 1 heterocycles. The van der Waals surface area contributed by atoms with Gasteiger partial charge < -0.3 is 15.5 Å². The van der Waals surface area contributed by atoms with Crippen molar-refractivity contribution in [3.8, 4) is 0 Å². The van der Waals surface area contributed by atoms with E-state index in [1.54, 1.807) is 0 Å². The predicted octanol–water partition coefficient (Wildman–Crippen LogP) is -0.385. The van der Waals surface area contributed by atoms with E-state index >= 15 is 0 Å².